The van der Waals surface area contributed by atoms with Crippen LogP contribution in [-0.2, 0) is 24.2 Å². The summed E-state index contributed by atoms with van der Waals surface area (Å²) in [6.45, 7) is 4.24. The Hall–Kier alpha value is -1.01. The van der Waals surface area contributed by atoms with E-state index in [1.54, 1.807) is 0 Å². The Morgan fingerprint density at radius 1 is 0.667 bits per heavy atom. The van der Waals surface area contributed by atoms with Crippen molar-refractivity contribution in [3.8, 4) is 0 Å². The van der Waals surface area contributed by atoms with Crippen molar-refractivity contribution in [2.75, 3.05) is 0 Å². The number of rotatable bonds is 0. The van der Waals surface area contributed by atoms with Crippen LogP contribution in [0, 0.1) is 13.8 Å². The smallest absolute Gasteiger partial charge is 1.00 e. The van der Waals surface area contributed by atoms with Gasteiger partial charge in [0.15, 0.2) is 0 Å². The van der Waals surface area contributed by atoms with Gasteiger partial charge in [-0.15, -0.1) is 59.3 Å². The zero-order chi connectivity index (χ0) is 15.9. The van der Waals surface area contributed by atoms with E-state index in [2.05, 4.69) is 90.9 Å². The first-order chi connectivity index (χ1) is 10.7. The molecule has 0 aromatic heterocycles. The monoisotopic (exact) mass is 432 g/mol. The van der Waals surface area contributed by atoms with Crippen LogP contribution in [0.4, 0.5) is 0 Å². The number of benzene rings is 2. The molecule has 0 radical (unpaired) electrons. The Labute approximate surface area is 171 Å². The quantitative estimate of drug-likeness (QED) is 0.334. The molecule has 0 fully saturated rings. The fraction of sp³-hybridized carbons (Fsp3) is 0.0952. The van der Waals surface area contributed by atoms with Crippen LogP contribution < -0.4 is 24.8 Å². The molecule has 0 nitrogen and oxygen atoms in total. The van der Waals surface area contributed by atoms with E-state index < -0.39 is 0 Å². The molecule has 0 heterocycles. The maximum absolute atomic E-state index is 3.34. The molecule has 4 rings (SSSR count). The normalized spacial score (nSPS) is 9.00. The van der Waals surface area contributed by atoms with Crippen molar-refractivity contribution < 1.29 is 49.0 Å². The maximum atomic E-state index is 3.34. The summed E-state index contributed by atoms with van der Waals surface area (Å²) in [6.07, 6.45) is 0. The molecule has 0 bridgehead atoms. The molecule has 24 heavy (non-hydrogen) atoms. The van der Waals surface area contributed by atoms with Crippen molar-refractivity contribution in [1.29, 1.82) is 0 Å². The minimum absolute atomic E-state index is 0. The van der Waals surface area contributed by atoms with Gasteiger partial charge in [0.2, 0.25) is 0 Å². The molecule has 0 unspecified atom stereocenters. The standard InChI is InChI=1S/2C10H9.CH2.2ClH.Zr/c2*1-8-5-6-9-3-2-4-10(9)7-8;;;;/h2*2-7H,1H3;1H2;2*1H;/q2*-1;;;;+2/p-2. The van der Waals surface area contributed by atoms with E-state index in [1.807, 2.05) is 0 Å². The molecule has 0 saturated carbocycles. The third kappa shape index (κ3) is 6.13. The third-order valence-electron chi connectivity index (χ3n) is 3.59. The van der Waals surface area contributed by atoms with E-state index >= 15 is 0 Å². The average Bonchev–Trinajstić information content (AvgIpc) is 3.17. The molecule has 4 aromatic carbocycles. The average molecular weight is 435 g/mol. The first-order valence-corrected chi connectivity index (χ1v) is 9.06. The van der Waals surface area contributed by atoms with Crippen LogP contribution >= 0.6 is 0 Å². The van der Waals surface area contributed by atoms with E-state index in [4.69, 9.17) is 0 Å². The Balaban J connectivity index is 0.000000372. The van der Waals surface area contributed by atoms with Crippen molar-refractivity contribution in [2.24, 2.45) is 0 Å². The zero-order valence-electron chi connectivity index (χ0n) is 13.9. The van der Waals surface area contributed by atoms with Crippen LogP contribution in [0.15, 0.2) is 72.8 Å². The molecular formula is C21H20Cl2Zr-2. The van der Waals surface area contributed by atoms with Gasteiger partial charge in [-0.2, -0.15) is 35.0 Å². The van der Waals surface area contributed by atoms with Crippen LogP contribution in [0.5, 0.6) is 0 Å². The topological polar surface area (TPSA) is 0 Å². The van der Waals surface area contributed by atoms with Crippen molar-refractivity contribution in [2.45, 2.75) is 13.8 Å². The molecule has 0 atom stereocenters. The fourth-order valence-corrected chi connectivity index (χ4v) is 2.49. The minimum atomic E-state index is 0. The summed E-state index contributed by atoms with van der Waals surface area (Å²) < 4.78 is 3.34. The van der Waals surface area contributed by atoms with Crippen LogP contribution in [0.2, 0.25) is 0 Å². The number of halogens is 2. The van der Waals surface area contributed by atoms with Gasteiger partial charge in [-0.1, -0.05) is 11.1 Å². The van der Waals surface area contributed by atoms with E-state index in [9.17, 15) is 0 Å². The Morgan fingerprint density at radius 3 is 1.42 bits per heavy atom. The second-order valence-electron chi connectivity index (χ2n) is 5.32. The van der Waals surface area contributed by atoms with Crippen LogP contribution in [0.3, 0.4) is 0 Å². The molecular weight excluding hydrogens is 414 g/mol. The van der Waals surface area contributed by atoms with Gasteiger partial charge in [-0.3, -0.25) is 0 Å². The molecule has 0 aliphatic rings. The maximum Gasteiger partial charge on any atom is -1.00 e. The number of aryl methyl sites for hydroxylation is 2. The van der Waals surface area contributed by atoms with Gasteiger partial charge < -0.3 is 24.8 Å². The van der Waals surface area contributed by atoms with E-state index in [0.717, 1.165) is 0 Å². The molecule has 3 heteroatoms. The molecule has 0 N–H and O–H groups in total. The van der Waals surface area contributed by atoms with Crippen molar-refractivity contribution in [3.05, 3.63) is 83.9 Å². The molecule has 0 amide bonds. The second-order valence-corrected chi connectivity index (χ2v) is 5.32. The van der Waals surface area contributed by atoms with Gasteiger partial charge in [0.25, 0.3) is 0 Å². The summed E-state index contributed by atoms with van der Waals surface area (Å²) in [7, 11) is 0. The first-order valence-electron chi connectivity index (χ1n) is 7.32. The minimum Gasteiger partial charge on any atom is -1.00 e. The van der Waals surface area contributed by atoms with Crippen LogP contribution in [0.1, 0.15) is 11.1 Å². The third-order valence-corrected chi connectivity index (χ3v) is 3.59. The van der Waals surface area contributed by atoms with E-state index in [0.29, 0.717) is 0 Å². The SMILES string of the molecule is Cc1ccc2[cH-]ccc2c1.Cc1ccc2[cH-]ccc2c1.[CH2]=[Zr+2].[Cl-].[Cl-]. The van der Waals surface area contributed by atoms with Crippen molar-refractivity contribution in [3.63, 3.8) is 0 Å². The molecule has 0 saturated heterocycles. The number of hydrogen-bond donors (Lipinski definition) is 0. The van der Waals surface area contributed by atoms with Gasteiger partial charge in [0.05, 0.1) is 0 Å². The van der Waals surface area contributed by atoms with E-state index in [1.165, 1.54) is 56.9 Å². The summed E-state index contributed by atoms with van der Waals surface area (Å²) in [6, 6.07) is 25.7. The van der Waals surface area contributed by atoms with Crippen molar-refractivity contribution >= 4 is 25.8 Å². The summed E-state index contributed by atoms with van der Waals surface area (Å²) in [4.78, 5) is 0. The predicted octanol–water partition coefficient (Wildman–Crippen LogP) is -0.293. The summed E-state index contributed by atoms with van der Waals surface area (Å²) in [5.74, 6) is 0. The Bertz CT molecular complexity index is 786. The predicted molar refractivity (Wildman–Crippen MR) is 95.7 cm³/mol. The second kappa shape index (κ2) is 11.5. The van der Waals surface area contributed by atoms with E-state index in [-0.39, 0.29) is 24.8 Å². The molecule has 4 aromatic rings. The van der Waals surface area contributed by atoms with Gasteiger partial charge in [0.1, 0.15) is 0 Å². The molecule has 0 aliphatic heterocycles. The largest absolute Gasteiger partial charge is 1.00 e. The number of hydrogen-bond acceptors (Lipinski definition) is 0. The van der Waals surface area contributed by atoms with Gasteiger partial charge in [0, 0.05) is 0 Å². The van der Waals surface area contributed by atoms with Gasteiger partial charge in [-0.25, -0.2) is 0 Å². The zero-order valence-corrected chi connectivity index (χ0v) is 17.9. The summed E-state index contributed by atoms with van der Waals surface area (Å²) >= 11 is 1.30. The molecule has 0 spiro atoms. The van der Waals surface area contributed by atoms with Crippen molar-refractivity contribution in [1.82, 2.24) is 0 Å². The number of fused-ring (bicyclic) bond motifs is 2. The first kappa shape index (κ1) is 23.0. The fourth-order valence-electron chi connectivity index (χ4n) is 2.49. The molecule has 0 aliphatic carbocycles. The summed E-state index contributed by atoms with van der Waals surface area (Å²) in [5.41, 5.74) is 2.66. The van der Waals surface area contributed by atoms with Gasteiger partial charge in [-0.05, 0) is 13.8 Å². The Kier molecular flexibility index (Phi) is 11.0. The van der Waals surface area contributed by atoms with Crippen LogP contribution in [-0.4, -0.2) is 4.21 Å². The summed E-state index contributed by atoms with van der Waals surface area (Å²) in [5, 5.41) is 5.37. The van der Waals surface area contributed by atoms with Gasteiger partial charge >= 0.3 is 28.4 Å². The Morgan fingerprint density at radius 2 is 1.04 bits per heavy atom. The van der Waals surface area contributed by atoms with Crippen LogP contribution in [0.25, 0.3) is 21.5 Å². The molecule has 124 valence electrons.